The molecule has 0 unspecified atom stereocenters. The molecule has 0 bridgehead atoms. The van der Waals surface area contributed by atoms with Gasteiger partial charge < -0.3 is 19.7 Å². The number of hydrogen-bond donors (Lipinski definition) is 1. The largest absolute Gasteiger partial charge is 0.496 e. The van der Waals surface area contributed by atoms with E-state index in [1.54, 1.807) is 32.3 Å². The van der Waals surface area contributed by atoms with Gasteiger partial charge in [-0.3, -0.25) is 9.59 Å². The molecule has 0 radical (unpaired) electrons. The van der Waals surface area contributed by atoms with Crippen molar-refractivity contribution in [2.75, 3.05) is 33.6 Å². The van der Waals surface area contributed by atoms with Crippen molar-refractivity contribution >= 4 is 17.5 Å². The predicted octanol–water partition coefficient (Wildman–Crippen LogP) is 2.72. The maximum absolute atomic E-state index is 12.6. The summed E-state index contributed by atoms with van der Waals surface area (Å²) in [6.07, 6.45) is -0.740. The third kappa shape index (κ3) is 4.36. The monoisotopic (exact) mass is 342 g/mol. The number of amides is 2. The Kier molecular flexibility index (Phi) is 6.14. The van der Waals surface area contributed by atoms with E-state index in [0.29, 0.717) is 17.0 Å². The number of ether oxygens (including phenoxy) is 2. The van der Waals surface area contributed by atoms with E-state index in [4.69, 9.17) is 9.47 Å². The van der Waals surface area contributed by atoms with E-state index in [1.807, 2.05) is 30.3 Å². The molecule has 1 N–H and O–H groups in total. The van der Waals surface area contributed by atoms with Crippen molar-refractivity contribution in [3.05, 3.63) is 59.7 Å². The molecule has 0 aromatic heterocycles. The highest BCUT2D eigenvalue weighted by Gasteiger charge is 2.21. The quantitative estimate of drug-likeness (QED) is 0.876. The molecule has 0 aliphatic rings. The highest BCUT2D eigenvalue weighted by molar-refractivity contribution is 6.00. The van der Waals surface area contributed by atoms with Crippen molar-refractivity contribution in [2.24, 2.45) is 0 Å². The summed E-state index contributed by atoms with van der Waals surface area (Å²) in [5.41, 5.74) is 1.62. The first-order valence-corrected chi connectivity index (χ1v) is 7.76. The van der Waals surface area contributed by atoms with Gasteiger partial charge in [-0.2, -0.15) is 0 Å². The number of hydrogen-bond acceptors (Lipinski definition) is 4. The van der Waals surface area contributed by atoms with Gasteiger partial charge in [-0.05, 0) is 23.8 Å². The summed E-state index contributed by atoms with van der Waals surface area (Å²) in [6.45, 7) is 0. The molecule has 0 saturated heterocycles. The minimum absolute atomic E-state index is 0.209. The fraction of sp³-hybridized carbons (Fsp3) is 0.263. The number of anilines is 1. The second kappa shape index (κ2) is 8.30. The topological polar surface area (TPSA) is 67.9 Å². The average Bonchev–Trinajstić information content (AvgIpc) is 2.62. The standard InChI is InChI=1S/C19H22N2O4/c1-21(2)19(23)15-12-14(10-11-16(15)24-3)20-18(22)17(25-4)13-8-6-5-7-9-13/h5-12,17H,1-4H3,(H,20,22)/t17-/m1/s1. The Morgan fingerprint density at radius 1 is 1.04 bits per heavy atom. The predicted molar refractivity (Wildman–Crippen MR) is 95.8 cm³/mol. The first-order chi connectivity index (χ1) is 12.0. The van der Waals surface area contributed by atoms with Crippen molar-refractivity contribution in [1.29, 1.82) is 0 Å². The Balaban J connectivity index is 2.26. The number of rotatable bonds is 6. The normalized spacial score (nSPS) is 11.5. The maximum Gasteiger partial charge on any atom is 0.258 e. The van der Waals surface area contributed by atoms with Crippen LogP contribution in [-0.2, 0) is 9.53 Å². The van der Waals surface area contributed by atoms with Crippen LogP contribution in [0.4, 0.5) is 5.69 Å². The Labute approximate surface area is 147 Å². The third-order valence-electron chi connectivity index (χ3n) is 3.68. The molecule has 0 saturated carbocycles. The molecular weight excluding hydrogens is 320 g/mol. The van der Waals surface area contributed by atoms with Gasteiger partial charge in [0.05, 0.1) is 12.7 Å². The van der Waals surface area contributed by atoms with Crippen molar-refractivity contribution in [3.63, 3.8) is 0 Å². The van der Waals surface area contributed by atoms with Crippen molar-refractivity contribution in [3.8, 4) is 5.75 Å². The summed E-state index contributed by atoms with van der Waals surface area (Å²) in [4.78, 5) is 26.3. The lowest BCUT2D eigenvalue weighted by molar-refractivity contribution is -0.126. The average molecular weight is 342 g/mol. The summed E-state index contributed by atoms with van der Waals surface area (Å²) in [5, 5.41) is 2.79. The highest BCUT2D eigenvalue weighted by Crippen LogP contribution is 2.25. The maximum atomic E-state index is 12.6. The van der Waals surface area contributed by atoms with E-state index < -0.39 is 6.10 Å². The zero-order valence-corrected chi connectivity index (χ0v) is 14.8. The van der Waals surface area contributed by atoms with Gasteiger partial charge in [0, 0.05) is 26.9 Å². The zero-order chi connectivity index (χ0) is 18.4. The number of nitrogens with one attached hydrogen (secondary N) is 1. The molecule has 0 spiro atoms. The molecule has 1 atom stereocenters. The van der Waals surface area contributed by atoms with Gasteiger partial charge in [-0.15, -0.1) is 0 Å². The van der Waals surface area contributed by atoms with Gasteiger partial charge in [0.15, 0.2) is 6.10 Å². The van der Waals surface area contributed by atoms with E-state index in [9.17, 15) is 9.59 Å². The molecule has 0 aliphatic carbocycles. The molecule has 2 amide bonds. The first kappa shape index (κ1) is 18.5. The minimum atomic E-state index is -0.740. The van der Waals surface area contributed by atoms with Gasteiger partial charge in [-0.1, -0.05) is 30.3 Å². The molecule has 6 heteroatoms. The Morgan fingerprint density at radius 3 is 2.28 bits per heavy atom. The molecule has 2 rings (SSSR count). The van der Waals surface area contributed by atoms with Gasteiger partial charge >= 0.3 is 0 Å². The highest BCUT2D eigenvalue weighted by atomic mass is 16.5. The van der Waals surface area contributed by atoms with Gasteiger partial charge in [0.1, 0.15) is 5.75 Å². The van der Waals surface area contributed by atoms with Crippen LogP contribution in [0.15, 0.2) is 48.5 Å². The summed E-state index contributed by atoms with van der Waals surface area (Å²) < 4.78 is 10.5. The molecule has 0 fully saturated rings. The molecule has 2 aromatic rings. The van der Waals surface area contributed by atoms with Crippen LogP contribution >= 0.6 is 0 Å². The minimum Gasteiger partial charge on any atom is -0.496 e. The zero-order valence-electron chi connectivity index (χ0n) is 14.8. The van der Waals surface area contributed by atoms with Crippen molar-refractivity contribution < 1.29 is 19.1 Å². The Hall–Kier alpha value is -2.86. The number of carbonyl (C=O) groups excluding carboxylic acids is 2. The van der Waals surface area contributed by atoms with Crippen LogP contribution in [0.2, 0.25) is 0 Å². The van der Waals surface area contributed by atoms with E-state index in [2.05, 4.69) is 5.32 Å². The Bertz CT molecular complexity index is 744. The van der Waals surface area contributed by atoms with Crippen LogP contribution in [0.5, 0.6) is 5.75 Å². The second-order valence-electron chi connectivity index (χ2n) is 5.63. The van der Waals surface area contributed by atoms with Crippen molar-refractivity contribution in [2.45, 2.75) is 6.10 Å². The van der Waals surface area contributed by atoms with Gasteiger partial charge in [0.2, 0.25) is 0 Å². The van der Waals surface area contributed by atoms with Crippen LogP contribution in [0.25, 0.3) is 0 Å². The van der Waals surface area contributed by atoms with Crippen molar-refractivity contribution in [1.82, 2.24) is 4.90 Å². The molecule has 0 aliphatic heterocycles. The molecule has 2 aromatic carbocycles. The number of carbonyl (C=O) groups is 2. The molecule has 0 heterocycles. The first-order valence-electron chi connectivity index (χ1n) is 7.76. The lowest BCUT2D eigenvalue weighted by Crippen LogP contribution is -2.24. The van der Waals surface area contributed by atoms with E-state index in [0.717, 1.165) is 5.56 Å². The smallest absolute Gasteiger partial charge is 0.258 e. The van der Waals surface area contributed by atoms with Gasteiger partial charge in [-0.25, -0.2) is 0 Å². The second-order valence-corrected chi connectivity index (χ2v) is 5.63. The van der Waals surface area contributed by atoms with E-state index in [-0.39, 0.29) is 11.8 Å². The molecule has 132 valence electrons. The van der Waals surface area contributed by atoms with Crippen LogP contribution in [0.1, 0.15) is 22.0 Å². The van der Waals surface area contributed by atoms with Crippen LogP contribution in [0.3, 0.4) is 0 Å². The number of methoxy groups -OCH3 is 2. The van der Waals surface area contributed by atoms with Gasteiger partial charge in [0.25, 0.3) is 11.8 Å². The molecule has 6 nitrogen and oxygen atoms in total. The lowest BCUT2D eigenvalue weighted by atomic mass is 10.1. The Morgan fingerprint density at radius 2 is 1.72 bits per heavy atom. The van der Waals surface area contributed by atoms with Crippen LogP contribution < -0.4 is 10.1 Å². The summed E-state index contributed by atoms with van der Waals surface area (Å²) >= 11 is 0. The van der Waals surface area contributed by atoms with Crippen LogP contribution in [0, 0.1) is 0 Å². The lowest BCUT2D eigenvalue weighted by Gasteiger charge is -2.17. The van der Waals surface area contributed by atoms with Crippen LogP contribution in [-0.4, -0.2) is 45.0 Å². The van der Waals surface area contributed by atoms with E-state index >= 15 is 0 Å². The fourth-order valence-electron chi connectivity index (χ4n) is 2.42. The molecule has 25 heavy (non-hydrogen) atoms. The van der Waals surface area contributed by atoms with E-state index in [1.165, 1.54) is 19.1 Å². The molecular formula is C19H22N2O4. The fourth-order valence-corrected chi connectivity index (χ4v) is 2.42. The summed E-state index contributed by atoms with van der Waals surface area (Å²) in [7, 11) is 6.29. The number of benzene rings is 2. The summed E-state index contributed by atoms with van der Waals surface area (Å²) in [5.74, 6) is -0.0792. The summed E-state index contributed by atoms with van der Waals surface area (Å²) in [6, 6.07) is 14.1. The third-order valence-corrected chi connectivity index (χ3v) is 3.68. The SMILES string of the molecule is COc1ccc(NC(=O)[C@H](OC)c2ccccc2)cc1C(=O)N(C)C. The number of nitrogens with zero attached hydrogens (tertiary/aromatic N) is 1.